The molecule has 2 heterocycles. The Kier molecular flexibility index (Phi) is 2.31. The van der Waals surface area contributed by atoms with Crippen LogP contribution in [0.3, 0.4) is 0 Å². The van der Waals surface area contributed by atoms with Crippen molar-refractivity contribution in [2.75, 3.05) is 0 Å². The number of benzene rings is 1. The molecule has 0 bridgehead atoms. The standard InChI is InChI=1S/C13H11N3O3/c1-16-12(8(6-14-16)13(18)19)9-5-7-3-2-4-10(17)11(7)15-9/h2-6,15,17H,1H3,(H,18,19). The zero-order chi connectivity index (χ0) is 13.6. The Bertz CT molecular complexity index is 786. The molecule has 6 heteroatoms. The maximum absolute atomic E-state index is 11.2. The van der Waals surface area contributed by atoms with E-state index in [-0.39, 0.29) is 11.3 Å². The summed E-state index contributed by atoms with van der Waals surface area (Å²) in [5.74, 6) is -0.909. The first-order valence-electron chi connectivity index (χ1n) is 5.64. The summed E-state index contributed by atoms with van der Waals surface area (Å²) in [5.41, 5.74) is 1.78. The molecule has 0 spiro atoms. The van der Waals surface area contributed by atoms with Crippen molar-refractivity contribution in [3.63, 3.8) is 0 Å². The number of nitrogens with zero attached hydrogens (tertiary/aromatic N) is 2. The molecule has 6 nitrogen and oxygen atoms in total. The number of aromatic hydroxyl groups is 1. The van der Waals surface area contributed by atoms with Gasteiger partial charge in [-0.1, -0.05) is 12.1 Å². The molecule has 0 atom stereocenters. The third-order valence-electron chi connectivity index (χ3n) is 3.06. The van der Waals surface area contributed by atoms with Crippen LogP contribution >= 0.6 is 0 Å². The molecule has 3 aromatic rings. The number of carboxylic acid groups (broad SMARTS) is 1. The average molecular weight is 257 g/mol. The van der Waals surface area contributed by atoms with Crippen molar-refractivity contribution in [3.8, 4) is 17.1 Å². The van der Waals surface area contributed by atoms with Gasteiger partial charge < -0.3 is 15.2 Å². The Balaban J connectivity index is 2.28. The van der Waals surface area contributed by atoms with Gasteiger partial charge in [0.1, 0.15) is 11.3 Å². The fourth-order valence-electron chi connectivity index (χ4n) is 2.18. The fourth-order valence-corrected chi connectivity index (χ4v) is 2.18. The van der Waals surface area contributed by atoms with E-state index in [1.807, 2.05) is 6.07 Å². The van der Waals surface area contributed by atoms with Crippen LogP contribution in [0.25, 0.3) is 22.3 Å². The molecule has 0 radical (unpaired) electrons. The molecule has 2 aromatic heterocycles. The Morgan fingerprint density at radius 2 is 2.21 bits per heavy atom. The third kappa shape index (κ3) is 1.65. The highest BCUT2D eigenvalue weighted by molar-refractivity contribution is 5.97. The van der Waals surface area contributed by atoms with Crippen molar-refractivity contribution < 1.29 is 15.0 Å². The van der Waals surface area contributed by atoms with Crippen LogP contribution in [0.15, 0.2) is 30.5 Å². The van der Waals surface area contributed by atoms with Gasteiger partial charge in [0.25, 0.3) is 0 Å². The molecule has 3 N–H and O–H groups in total. The number of carboxylic acids is 1. The van der Waals surface area contributed by atoms with Gasteiger partial charge in [0.05, 0.1) is 23.1 Å². The van der Waals surface area contributed by atoms with E-state index in [4.69, 9.17) is 5.11 Å². The Hall–Kier alpha value is -2.76. The van der Waals surface area contributed by atoms with E-state index in [2.05, 4.69) is 10.1 Å². The highest BCUT2D eigenvalue weighted by Crippen LogP contribution is 2.30. The Labute approximate surface area is 107 Å². The number of para-hydroxylation sites is 1. The molecule has 0 saturated carbocycles. The maximum Gasteiger partial charge on any atom is 0.339 e. The zero-order valence-corrected chi connectivity index (χ0v) is 10.1. The summed E-state index contributed by atoms with van der Waals surface area (Å²) in [6.07, 6.45) is 1.31. The lowest BCUT2D eigenvalue weighted by Gasteiger charge is -2.00. The van der Waals surface area contributed by atoms with Crippen molar-refractivity contribution in [1.29, 1.82) is 0 Å². The van der Waals surface area contributed by atoms with E-state index in [1.165, 1.54) is 10.9 Å². The summed E-state index contributed by atoms with van der Waals surface area (Å²) in [7, 11) is 1.67. The Morgan fingerprint density at radius 1 is 1.42 bits per heavy atom. The first kappa shape index (κ1) is 11.3. The van der Waals surface area contributed by atoms with Crippen molar-refractivity contribution in [2.45, 2.75) is 0 Å². The molecule has 0 amide bonds. The summed E-state index contributed by atoms with van der Waals surface area (Å²) >= 11 is 0. The molecule has 0 saturated heterocycles. The number of rotatable bonds is 2. The summed E-state index contributed by atoms with van der Waals surface area (Å²) < 4.78 is 1.49. The molecule has 3 rings (SSSR count). The number of hydrogen-bond donors (Lipinski definition) is 3. The smallest absolute Gasteiger partial charge is 0.339 e. The molecule has 0 aliphatic rings. The van der Waals surface area contributed by atoms with Gasteiger partial charge in [-0.15, -0.1) is 0 Å². The van der Waals surface area contributed by atoms with Crippen molar-refractivity contribution in [2.24, 2.45) is 7.05 Å². The number of H-pyrrole nitrogens is 1. The van der Waals surface area contributed by atoms with Crippen LogP contribution in [0, 0.1) is 0 Å². The second-order valence-electron chi connectivity index (χ2n) is 4.26. The van der Waals surface area contributed by atoms with Gasteiger partial charge in [-0.25, -0.2) is 4.79 Å². The van der Waals surface area contributed by atoms with Crippen LogP contribution in [-0.4, -0.2) is 30.9 Å². The lowest BCUT2D eigenvalue weighted by Crippen LogP contribution is -2.00. The van der Waals surface area contributed by atoms with E-state index < -0.39 is 5.97 Å². The Morgan fingerprint density at radius 3 is 2.89 bits per heavy atom. The molecule has 0 fully saturated rings. The number of aromatic carboxylic acids is 1. The lowest BCUT2D eigenvalue weighted by atomic mass is 10.2. The number of aromatic amines is 1. The number of aromatic nitrogens is 3. The quantitative estimate of drug-likeness (QED) is 0.654. The summed E-state index contributed by atoms with van der Waals surface area (Å²) in [6, 6.07) is 6.94. The topological polar surface area (TPSA) is 91.1 Å². The van der Waals surface area contributed by atoms with Gasteiger partial charge in [0.2, 0.25) is 0 Å². The van der Waals surface area contributed by atoms with E-state index in [0.29, 0.717) is 16.9 Å². The van der Waals surface area contributed by atoms with Crippen LogP contribution < -0.4 is 0 Å². The normalized spacial score (nSPS) is 11.0. The highest BCUT2D eigenvalue weighted by Gasteiger charge is 2.18. The number of aryl methyl sites for hydroxylation is 1. The number of phenols is 1. The number of fused-ring (bicyclic) bond motifs is 1. The summed E-state index contributed by atoms with van der Waals surface area (Å²) in [5, 5.41) is 23.7. The van der Waals surface area contributed by atoms with Gasteiger partial charge in [0.15, 0.2) is 0 Å². The van der Waals surface area contributed by atoms with E-state index in [1.54, 1.807) is 25.2 Å². The van der Waals surface area contributed by atoms with Crippen LogP contribution in [0.2, 0.25) is 0 Å². The van der Waals surface area contributed by atoms with Gasteiger partial charge >= 0.3 is 5.97 Å². The van der Waals surface area contributed by atoms with Crippen LogP contribution in [-0.2, 0) is 7.05 Å². The van der Waals surface area contributed by atoms with Gasteiger partial charge in [-0.3, -0.25) is 4.68 Å². The zero-order valence-electron chi connectivity index (χ0n) is 10.1. The monoisotopic (exact) mass is 257 g/mol. The molecule has 96 valence electrons. The molecular formula is C13H11N3O3. The lowest BCUT2D eigenvalue weighted by molar-refractivity contribution is 0.0697. The molecule has 0 unspecified atom stereocenters. The molecular weight excluding hydrogens is 246 g/mol. The SMILES string of the molecule is Cn1ncc(C(=O)O)c1-c1cc2cccc(O)c2[nH]1. The molecule has 1 aromatic carbocycles. The van der Waals surface area contributed by atoms with Gasteiger partial charge in [-0.2, -0.15) is 5.10 Å². The minimum Gasteiger partial charge on any atom is -0.506 e. The molecule has 0 aliphatic carbocycles. The maximum atomic E-state index is 11.2. The number of carbonyl (C=O) groups is 1. The first-order chi connectivity index (χ1) is 9.08. The minimum absolute atomic E-state index is 0.119. The van der Waals surface area contributed by atoms with Gasteiger partial charge in [0, 0.05) is 12.4 Å². The van der Waals surface area contributed by atoms with Crippen LogP contribution in [0.1, 0.15) is 10.4 Å². The average Bonchev–Trinajstić information content (AvgIpc) is 2.92. The fraction of sp³-hybridized carbons (Fsp3) is 0.0769. The first-order valence-corrected chi connectivity index (χ1v) is 5.64. The van der Waals surface area contributed by atoms with E-state index >= 15 is 0 Å². The largest absolute Gasteiger partial charge is 0.506 e. The highest BCUT2D eigenvalue weighted by atomic mass is 16.4. The second-order valence-corrected chi connectivity index (χ2v) is 4.26. The van der Waals surface area contributed by atoms with Crippen molar-refractivity contribution in [1.82, 2.24) is 14.8 Å². The molecule has 19 heavy (non-hydrogen) atoms. The minimum atomic E-state index is -1.04. The number of phenolic OH excluding ortho intramolecular Hbond substituents is 1. The van der Waals surface area contributed by atoms with E-state index in [9.17, 15) is 9.90 Å². The molecule has 0 aliphatic heterocycles. The predicted molar refractivity (Wildman–Crippen MR) is 69.1 cm³/mol. The van der Waals surface area contributed by atoms with Gasteiger partial charge in [-0.05, 0) is 12.1 Å². The summed E-state index contributed by atoms with van der Waals surface area (Å²) in [6.45, 7) is 0. The van der Waals surface area contributed by atoms with Crippen molar-refractivity contribution >= 4 is 16.9 Å². The number of nitrogens with one attached hydrogen (secondary N) is 1. The second kappa shape index (κ2) is 3.88. The van der Waals surface area contributed by atoms with E-state index in [0.717, 1.165) is 5.39 Å². The van der Waals surface area contributed by atoms with Crippen molar-refractivity contribution in [3.05, 3.63) is 36.0 Å². The van der Waals surface area contributed by atoms with Crippen LogP contribution in [0.4, 0.5) is 0 Å². The van der Waals surface area contributed by atoms with Crippen LogP contribution in [0.5, 0.6) is 5.75 Å². The number of hydrogen-bond acceptors (Lipinski definition) is 3. The third-order valence-corrected chi connectivity index (χ3v) is 3.06. The summed E-state index contributed by atoms with van der Waals surface area (Å²) in [4.78, 5) is 14.2. The predicted octanol–water partition coefficient (Wildman–Crippen LogP) is 1.97.